The number of benzene rings is 3. The maximum absolute atomic E-state index is 6.45. The van der Waals surface area contributed by atoms with Gasteiger partial charge in [0.15, 0.2) is 11.5 Å². The van der Waals surface area contributed by atoms with E-state index in [1.807, 2.05) is 67.6 Å². The molecule has 3 nitrogen and oxygen atoms in total. The van der Waals surface area contributed by atoms with Crippen LogP contribution in [0.4, 0.5) is 5.69 Å². The molecule has 0 amide bonds. The molecule has 3 aromatic carbocycles. The van der Waals surface area contributed by atoms with Crippen molar-refractivity contribution in [3.05, 3.63) is 87.4 Å². The number of nitrogens with one attached hydrogen (secondary N) is 1. The van der Waals surface area contributed by atoms with Gasteiger partial charge in [-0.2, -0.15) is 0 Å². The minimum absolute atomic E-state index is 0.427. The van der Waals surface area contributed by atoms with Crippen molar-refractivity contribution in [2.24, 2.45) is 0 Å². The van der Waals surface area contributed by atoms with Gasteiger partial charge in [0.05, 0.1) is 12.1 Å². The molecule has 0 heterocycles. The fourth-order valence-electron chi connectivity index (χ4n) is 2.65. The van der Waals surface area contributed by atoms with Crippen molar-refractivity contribution in [3.63, 3.8) is 0 Å². The number of rotatable bonds is 7. The molecule has 0 aromatic heterocycles. The molecule has 0 aliphatic carbocycles. The van der Waals surface area contributed by atoms with Crippen LogP contribution >= 0.6 is 23.2 Å². The van der Waals surface area contributed by atoms with Crippen molar-refractivity contribution in [1.82, 2.24) is 0 Å². The van der Waals surface area contributed by atoms with E-state index >= 15 is 0 Å². The highest BCUT2D eigenvalue weighted by molar-refractivity contribution is 6.32. The molecule has 3 rings (SSSR count). The Morgan fingerprint density at radius 1 is 0.889 bits per heavy atom. The number of halogens is 2. The van der Waals surface area contributed by atoms with Gasteiger partial charge in [-0.15, -0.1) is 0 Å². The maximum Gasteiger partial charge on any atom is 0.180 e. The summed E-state index contributed by atoms with van der Waals surface area (Å²) in [5.41, 5.74) is 4.05. The van der Waals surface area contributed by atoms with Gasteiger partial charge in [-0.25, -0.2) is 0 Å². The minimum Gasteiger partial charge on any atom is -0.493 e. The molecule has 27 heavy (non-hydrogen) atoms. The molecule has 0 saturated heterocycles. The fourth-order valence-corrected chi connectivity index (χ4v) is 3.12. The van der Waals surface area contributed by atoms with E-state index in [2.05, 4.69) is 5.32 Å². The summed E-state index contributed by atoms with van der Waals surface area (Å²) in [5.74, 6) is 1.15. The largest absolute Gasteiger partial charge is 0.493 e. The van der Waals surface area contributed by atoms with E-state index in [1.54, 1.807) is 7.11 Å². The van der Waals surface area contributed by atoms with Gasteiger partial charge in [0.2, 0.25) is 0 Å². The number of hydrogen-bond acceptors (Lipinski definition) is 3. The zero-order valence-electron chi connectivity index (χ0n) is 15.3. The standard InChI is InChI=1S/C22H21Cl2NO2/c1-15-8-9-18(12-19(15)23)25-13-17-10-20(24)22(21(11-17)26-2)27-14-16-6-4-3-5-7-16/h3-12,25H,13-14H2,1-2H3. The smallest absolute Gasteiger partial charge is 0.180 e. The summed E-state index contributed by atoms with van der Waals surface area (Å²) in [5, 5.41) is 4.60. The van der Waals surface area contributed by atoms with E-state index in [0.29, 0.717) is 29.7 Å². The average Bonchev–Trinajstić information content (AvgIpc) is 2.68. The van der Waals surface area contributed by atoms with Gasteiger partial charge in [0.1, 0.15) is 6.61 Å². The van der Waals surface area contributed by atoms with E-state index in [4.69, 9.17) is 32.7 Å². The van der Waals surface area contributed by atoms with Crippen LogP contribution in [-0.4, -0.2) is 7.11 Å². The Balaban J connectivity index is 1.72. The first-order chi connectivity index (χ1) is 13.1. The summed E-state index contributed by atoms with van der Waals surface area (Å²) < 4.78 is 11.4. The topological polar surface area (TPSA) is 30.5 Å². The molecule has 140 valence electrons. The summed E-state index contributed by atoms with van der Waals surface area (Å²) in [6.45, 7) is 3.00. The van der Waals surface area contributed by atoms with Gasteiger partial charge in [-0.05, 0) is 47.9 Å². The molecule has 1 N–H and O–H groups in total. The van der Waals surface area contributed by atoms with Crippen molar-refractivity contribution >= 4 is 28.9 Å². The van der Waals surface area contributed by atoms with Crippen LogP contribution in [0, 0.1) is 6.92 Å². The van der Waals surface area contributed by atoms with Crippen molar-refractivity contribution in [2.45, 2.75) is 20.1 Å². The average molecular weight is 402 g/mol. The van der Waals surface area contributed by atoms with Crippen molar-refractivity contribution in [1.29, 1.82) is 0 Å². The van der Waals surface area contributed by atoms with Crippen molar-refractivity contribution in [3.8, 4) is 11.5 Å². The lowest BCUT2D eigenvalue weighted by molar-refractivity contribution is 0.284. The van der Waals surface area contributed by atoms with Gasteiger partial charge < -0.3 is 14.8 Å². The van der Waals surface area contributed by atoms with Crippen molar-refractivity contribution in [2.75, 3.05) is 12.4 Å². The van der Waals surface area contributed by atoms with Gasteiger partial charge in [-0.1, -0.05) is 59.6 Å². The van der Waals surface area contributed by atoms with E-state index in [0.717, 1.165) is 27.4 Å². The second-order valence-electron chi connectivity index (χ2n) is 6.20. The molecule has 0 bridgehead atoms. The highest BCUT2D eigenvalue weighted by Crippen LogP contribution is 2.37. The van der Waals surface area contributed by atoms with Crippen LogP contribution in [-0.2, 0) is 13.2 Å². The maximum atomic E-state index is 6.45. The molecule has 0 unspecified atom stereocenters. The highest BCUT2D eigenvalue weighted by atomic mass is 35.5. The number of aryl methyl sites for hydroxylation is 1. The van der Waals surface area contributed by atoms with Crippen LogP contribution in [0.25, 0.3) is 0 Å². The molecule has 0 saturated carbocycles. The Hall–Kier alpha value is -2.36. The zero-order chi connectivity index (χ0) is 19.2. The van der Waals surface area contributed by atoms with Crippen LogP contribution in [0.2, 0.25) is 10.0 Å². The molecule has 0 radical (unpaired) electrons. The van der Waals surface area contributed by atoms with E-state index in [9.17, 15) is 0 Å². The Kier molecular flexibility index (Phi) is 6.49. The SMILES string of the molecule is COc1cc(CNc2ccc(C)c(Cl)c2)cc(Cl)c1OCc1ccccc1. The van der Waals surface area contributed by atoms with E-state index in [1.165, 1.54) is 0 Å². The predicted octanol–water partition coefficient (Wildman–Crippen LogP) is 6.50. The van der Waals surface area contributed by atoms with Crippen LogP contribution < -0.4 is 14.8 Å². The summed E-state index contributed by atoms with van der Waals surface area (Å²) in [4.78, 5) is 0. The Morgan fingerprint density at radius 3 is 2.37 bits per heavy atom. The Morgan fingerprint density at radius 2 is 1.67 bits per heavy atom. The lowest BCUT2D eigenvalue weighted by Gasteiger charge is -2.15. The minimum atomic E-state index is 0.427. The van der Waals surface area contributed by atoms with E-state index < -0.39 is 0 Å². The lowest BCUT2D eigenvalue weighted by Crippen LogP contribution is -2.02. The molecule has 3 aromatic rings. The summed E-state index contributed by atoms with van der Waals surface area (Å²) in [6, 6.07) is 19.6. The van der Waals surface area contributed by atoms with Gasteiger partial charge in [0.25, 0.3) is 0 Å². The number of hydrogen-bond donors (Lipinski definition) is 1. The third kappa shape index (κ3) is 5.09. The first kappa shape index (κ1) is 19.4. The second kappa shape index (κ2) is 9.03. The monoisotopic (exact) mass is 401 g/mol. The number of methoxy groups -OCH3 is 1. The van der Waals surface area contributed by atoms with E-state index in [-0.39, 0.29) is 0 Å². The summed E-state index contributed by atoms with van der Waals surface area (Å²) >= 11 is 12.6. The molecule has 0 aliphatic heterocycles. The first-order valence-corrected chi connectivity index (χ1v) is 9.35. The van der Waals surface area contributed by atoms with Crippen molar-refractivity contribution < 1.29 is 9.47 Å². The fraction of sp³-hybridized carbons (Fsp3) is 0.182. The first-order valence-electron chi connectivity index (χ1n) is 8.60. The number of anilines is 1. The molecule has 0 atom stereocenters. The summed E-state index contributed by atoms with van der Waals surface area (Å²) in [6.07, 6.45) is 0. The number of ether oxygens (including phenoxy) is 2. The van der Waals surface area contributed by atoms with Crippen LogP contribution in [0.3, 0.4) is 0 Å². The normalized spacial score (nSPS) is 10.5. The molecule has 0 fully saturated rings. The molecular weight excluding hydrogens is 381 g/mol. The van der Waals surface area contributed by atoms with Gasteiger partial charge in [0, 0.05) is 17.3 Å². The van der Waals surface area contributed by atoms with Gasteiger partial charge >= 0.3 is 0 Å². The predicted molar refractivity (Wildman–Crippen MR) is 112 cm³/mol. The Bertz CT molecular complexity index is 914. The molecule has 0 spiro atoms. The zero-order valence-corrected chi connectivity index (χ0v) is 16.8. The van der Waals surface area contributed by atoms with Crippen LogP contribution in [0.5, 0.6) is 11.5 Å². The highest BCUT2D eigenvalue weighted by Gasteiger charge is 2.12. The van der Waals surface area contributed by atoms with Crippen LogP contribution in [0.1, 0.15) is 16.7 Å². The quantitative estimate of drug-likeness (QED) is 0.489. The molecular formula is C22H21Cl2NO2. The van der Waals surface area contributed by atoms with Gasteiger partial charge in [-0.3, -0.25) is 0 Å². The Labute approximate surface area is 169 Å². The van der Waals surface area contributed by atoms with Crippen LogP contribution in [0.15, 0.2) is 60.7 Å². The lowest BCUT2D eigenvalue weighted by atomic mass is 10.1. The molecule has 0 aliphatic rings. The summed E-state index contributed by atoms with van der Waals surface area (Å²) in [7, 11) is 1.61. The third-order valence-electron chi connectivity index (χ3n) is 4.18. The molecule has 5 heteroatoms. The second-order valence-corrected chi connectivity index (χ2v) is 7.02. The third-order valence-corrected chi connectivity index (χ3v) is 4.87.